The van der Waals surface area contributed by atoms with Crippen LogP contribution in [0.2, 0.25) is 0 Å². The van der Waals surface area contributed by atoms with Crippen LogP contribution in [-0.4, -0.2) is 22.9 Å². The first-order valence-corrected chi connectivity index (χ1v) is 10.2. The second kappa shape index (κ2) is 6.01. The van der Waals surface area contributed by atoms with Crippen LogP contribution in [0.3, 0.4) is 0 Å². The number of nitrogens with one attached hydrogen (secondary N) is 1. The Hall–Kier alpha value is -0.630. The number of hydrogen-bond donors (Lipinski definition) is 1. The van der Waals surface area contributed by atoms with Gasteiger partial charge in [-0.05, 0) is 37.1 Å². The van der Waals surface area contributed by atoms with Crippen molar-refractivity contribution in [3.8, 4) is 0 Å². The molecule has 20 heavy (non-hydrogen) atoms. The highest BCUT2D eigenvalue weighted by Gasteiger charge is 2.22. The molecule has 112 valence electrons. The number of benzene rings is 1. The van der Waals surface area contributed by atoms with Gasteiger partial charge in [0.15, 0.2) is 0 Å². The zero-order valence-electron chi connectivity index (χ0n) is 10.7. The number of halogens is 1. The van der Waals surface area contributed by atoms with Crippen LogP contribution >= 0.6 is 10.7 Å². The van der Waals surface area contributed by atoms with Crippen LogP contribution in [0, 0.1) is 0 Å². The number of sulfonamides is 1. The molecule has 0 bridgehead atoms. The molecule has 0 atom stereocenters. The van der Waals surface area contributed by atoms with Crippen molar-refractivity contribution >= 4 is 29.8 Å². The first-order valence-electron chi connectivity index (χ1n) is 6.36. The molecule has 0 amide bonds. The first-order chi connectivity index (χ1) is 9.29. The molecule has 0 saturated heterocycles. The summed E-state index contributed by atoms with van der Waals surface area (Å²) in [5, 5.41) is 0. The molecule has 0 radical (unpaired) electrons. The molecule has 0 aromatic heterocycles. The van der Waals surface area contributed by atoms with Crippen LogP contribution in [0.5, 0.6) is 0 Å². The molecule has 0 aliphatic heterocycles. The molecular formula is C12H16ClNO4S2. The van der Waals surface area contributed by atoms with Gasteiger partial charge in [-0.3, -0.25) is 0 Å². The molecule has 8 heteroatoms. The van der Waals surface area contributed by atoms with Gasteiger partial charge >= 0.3 is 0 Å². The van der Waals surface area contributed by atoms with E-state index in [0.29, 0.717) is 0 Å². The van der Waals surface area contributed by atoms with E-state index in [4.69, 9.17) is 10.7 Å². The monoisotopic (exact) mass is 337 g/mol. The van der Waals surface area contributed by atoms with E-state index in [0.717, 1.165) is 32.1 Å². The molecule has 2 rings (SSSR count). The third-order valence-corrected chi connectivity index (χ3v) is 6.25. The molecule has 0 unspecified atom stereocenters. The largest absolute Gasteiger partial charge is 0.261 e. The quantitative estimate of drug-likeness (QED) is 0.854. The standard InChI is InChI=1S/C12H16ClNO4S2/c13-19(15,16)11-6-8-12(9-7-11)20(17,18)14-10-4-2-1-3-5-10/h6-10,14H,1-5H2. The SMILES string of the molecule is O=S(=O)(Cl)c1ccc(S(=O)(=O)NC2CCCCC2)cc1. The maximum atomic E-state index is 12.2. The van der Waals surface area contributed by atoms with Crippen LogP contribution in [0.1, 0.15) is 32.1 Å². The van der Waals surface area contributed by atoms with E-state index in [1.165, 1.54) is 24.3 Å². The molecule has 1 fully saturated rings. The molecule has 0 heterocycles. The average molecular weight is 338 g/mol. The summed E-state index contributed by atoms with van der Waals surface area (Å²) in [4.78, 5) is -0.0667. The molecule has 0 spiro atoms. The molecule has 1 aliphatic carbocycles. The highest BCUT2D eigenvalue weighted by Crippen LogP contribution is 2.21. The van der Waals surface area contributed by atoms with Gasteiger partial charge in [-0.1, -0.05) is 19.3 Å². The average Bonchev–Trinajstić information content (AvgIpc) is 2.38. The van der Waals surface area contributed by atoms with Crippen molar-refractivity contribution in [2.45, 2.75) is 47.9 Å². The van der Waals surface area contributed by atoms with Gasteiger partial charge in [0.1, 0.15) is 0 Å². The Morgan fingerprint density at radius 1 is 0.900 bits per heavy atom. The minimum atomic E-state index is -3.84. The smallest absolute Gasteiger partial charge is 0.208 e. The van der Waals surface area contributed by atoms with Crippen LogP contribution in [-0.2, 0) is 19.1 Å². The van der Waals surface area contributed by atoms with Gasteiger partial charge in [-0.25, -0.2) is 21.6 Å². The number of rotatable bonds is 4. The summed E-state index contributed by atoms with van der Waals surface area (Å²) in [6.45, 7) is 0. The Kier molecular flexibility index (Phi) is 4.73. The highest BCUT2D eigenvalue weighted by atomic mass is 35.7. The summed E-state index contributed by atoms with van der Waals surface area (Å²) in [5.74, 6) is 0. The maximum Gasteiger partial charge on any atom is 0.261 e. The van der Waals surface area contributed by atoms with Crippen LogP contribution in [0.15, 0.2) is 34.1 Å². The molecule has 1 aromatic rings. The summed E-state index contributed by atoms with van der Waals surface area (Å²) < 4.78 is 49.2. The van der Waals surface area contributed by atoms with Gasteiger partial charge < -0.3 is 0 Å². The lowest BCUT2D eigenvalue weighted by Crippen LogP contribution is -2.36. The van der Waals surface area contributed by atoms with Crippen molar-refractivity contribution in [1.29, 1.82) is 0 Å². The second-order valence-corrected chi connectivity index (χ2v) is 9.15. The summed E-state index contributed by atoms with van der Waals surface area (Å²) >= 11 is 0. The summed E-state index contributed by atoms with van der Waals surface area (Å²) in [7, 11) is -2.26. The van der Waals surface area contributed by atoms with Gasteiger partial charge in [0.05, 0.1) is 9.79 Å². The lowest BCUT2D eigenvalue weighted by molar-refractivity contribution is 0.412. The van der Waals surface area contributed by atoms with E-state index in [1.54, 1.807) is 0 Å². The second-order valence-electron chi connectivity index (χ2n) is 4.87. The first kappa shape index (κ1) is 15.8. The van der Waals surface area contributed by atoms with Gasteiger partial charge in [-0.15, -0.1) is 0 Å². The van der Waals surface area contributed by atoms with E-state index in [-0.39, 0.29) is 15.8 Å². The van der Waals surface area contributed by atoms with Gasteiger partial charge in [0.2, 0.25) is 10.0 Å². The van der Waals surface area contributed by atoms with E-state index >= 15 is 0 Å². The normalized spacial score (nSPS) is 18.1. The van der Waals surface area contributed by atoms with Crippen LogP contribution in [0.25, 0.3) is 0 Å². The number of hydrogen-bond acceptors (Lipinski definition) is 4. The fraction of sp³-hybridized carbons (Fsp3) is 0.500. The summed E-state index contributed by atoms with van der Waals surface area (Å²) in [6, 6.07) is 4.85. The predicted octanol–water partition coefficient (Wildman–Crippen LogP) is 2.23. The summed E-state index contributed by atoms with van der Waals surface area (Å²) in [6.07, 6.45) is 4.87. The minimum absolute atomic E-state index is 0.0369. The van der Waals surface area contributed by atoms with E-state index < -0.39 is 19.1 Å². The zero-order chi connectivity index (χ0) is 14.8. The summed E-state index contributed by atoms with van der Waals surface area (Å²) in [5.41, 5.74) is 0. The fourth-order valence-corrected chi connectivity index (χ4v) is 4.36. The van der Waals surface area contributed by atoms with E-state index in [2.05, 4.69) is 4.72 Å². The van der Waals surface area contributed by atoms with Crippen molar-refractivity contribution in [1.82, 2.24) is 4.72 Å². The Morgan fingerprint density at radius 3 is 1.90 bits per heavy atom. The highest BCUT2D eigenvalue weighted by molar-refractivity contribution is 8.13. The van der Waals surface area contributed by atoms with Crippen molar-refractivity contribution in [2.24, 2.45) is 0 Å². The molecule has 1 aromatic carbocycles. The third kappa shape index (κ3) is 3.94. The molecular weight excluding hydrogens is 322 g/mol. The van der Waals surface area contributed by atoms with Gasteiger partial charge in [0, 0.05) is 16.7 Å². The van der Waals surface area contributed by atoms with Gasteiger partial charge in [-0.2, -0.15) is 0 Å². The van der Waals surface area contributed by atoms with Crippen molar-refractivity contribution in [3.63, 3.8) is 0 Å². The van der Waals surface area contributed by atoms with Gasteiger partial charge in [0.25, 0.3) is 9.05 Å². The molecule has 1 N–H and O–H groups in total. The lowest BCUT2D eigenvalue weighted by Gasteiger charge is -2.22. The zero-order valence-corrected chi connectivity index (χ0v) is 13.1. The molecule has 1 saturated carbocycles. The topological polar surface area (TPSA) is 80.3 Å². The van der Waals surface area contributed by atoms with Crippen molar-refractivity contribution < 1.29 is 16.8 Å². The van der Waals surface area contributed by atoms with Crippen molar-refractivity contribution in [2.75, 3.05) is 0 Å². The fourth-order valence-electron chi connectivity index (χ4n) is 2.29. The van der Waals surface area contributed by atoms with Crippen molar-refractivity contribution in [3.05, 3.63) is 24.3 Å². The minimum Gasteiger partial charge on any atom is -0.208 e. The van der Waals surface area contributed by atoms with E-state index in [1.807, 2.05) is 0 Å². The van der Waals surface area contributed by atoms with Crippen LogP contribution < -0.4 is 4.72 Å². The molecule has 1 aliphatic rings. The Bertz CT molecular complexity index is 662. The molecule has 5 nitrogen and oxygen atoms in total. The third-order valence-electron chi connectivity index (χ3n) is 3.34. The Labute approximate surface area is 123 Å². The lowest BCUT2D eigenvalue weighted by atomic mass is 9.96. The Morgan fingerprint density at radius 2 is 1.40 bits per heavy atom. The Balaban J connectivity index is 2.17. The maximum absolute atomic E-state index is 12.2. The predicted molar refractivity (Wildman–Crippen MR) is 76.7 cm³/mol. The van der Waals surface area contributed by atoms with Crippen LogP contribution in [0.4, 0.5) is 0 Å². The van der Waals surface area contributed by atoms with E-state index in [9.17, 15) is 16.8 Å².